The smallest absolute Gasteiger partial charge is 0.119 e. The molecule has 0 aromatic heterocycles. The molecule has 1 saturated heterocycles. The van der Waals surface area contributed by atoms with Crippen LogP contribution < -0.4 is 15.0 Å². The molecule has 116 valence electrons. The van der Waals surface area contributed by atoms with Gasteiger partial charge < -0.3 is 15.0 Å². The Bertz CT molecular complexity index is 467. The number of hydrogen-bond acceptors (Lipinski definition) is 3. The van der Waals surface area contributed by atoms with Crippen LogP contribution in [0.15, 0.2) is 24.3 Å². The Morgan fingerprint density at radius 1 is 1.24 bits per heavy atom. The second-order valence-electron chi connectivity index (χ2n) is 7.05. The predicted molar refractivity (Wildman–Crippen MR) is 88.2 cm³/mol. The van der Waals surface area contributed by atoms with Crippen molar-refractivity contribution in [3.05, 3.63) is 24.3 Å². The van der Waals surface area contributed by atoms with Gasteiger partial charge in [0.05, 0.1) is 6.10 Å². The van der Waals surface area contributed by atoms with Gasteiger partial charge in [0.15, 0.2) is 0 Å². The second-order valence-corrected chi connectivity index (χ2v) is 7.05. The monoisotopic (exact) mass is 288 g/mol. The van der Waals surface area contributed by atoms with Crippen LogP contribution in [0.4, 0.5) is 5.69 Å². The van der Waals surface area contributed by atoms with Crippen molar-refractivity contribution in [3.8, 4) is 5.75 Å². The molecular weight excluding hydrogens is 260 g/mol. The van der Waals surface area contributed by atoms with Gasteiger partial charge in [-0.05, 0) is 76.8 Å². The van der Waals surface area contributed by atoms with Crippen molar-refractivity contribution in [1.82, 2.24) is 5.32 Å². The van der Waals surface area contributed by atoms with Crippen molar-refractivity contribution >= 4 is 5.69 Å². The number of nitrogens with zero attached hydrogens (tertiary/aromatic N) is 1. The molecule has 0 amide bonds. The number of hydrogen-bond donors (Lipinski definition) is 1. The highest BCUT2D eigenvalue weighted by molar-refractivity contribution is 5.50. The minimum Gasteiger partial charge on any atom is -0.491 e. The van der Waals surface area contributed by atoms with E-state index in [4.69, 9.17) is 4.74 Å². The molecule has 0 radical (unpaired) electrons. The van der Waals surface area contributed by atoms with E-state index in [1.807, 2.05) is 0 Å². The highest BCUT2D eigenvalue weighted by Crippen LogP contribution is 2.41. The molecule has 1 unspecified atom stereocenters. The molecule has 1 saturated carbocycles. The van der Waals surface area contributed by atoms with Gasteiger partial charge in [-0.15, -0.1) is 0 Å². The third-order valence-corrected chi connectivity index (χ3v) is 4.71. The van der Waals surface area contributed by atoms with Crippen molar-refractivity contribution in [2.45, 2.75) is 51.7 Å². The lowest BCUT2D eigenvalue weighted by Crippen LogP contribution is -2.51. The van der Waals surface area contributed by atoms with Crippen LogP contribution in [0.2, 0.25) is 0 Å². The molecule has 1 N–H and O–H groups in total. The van der Waals surface area contributed by atoms with Crippen LogP contribution in [-0.4, -0.2) is 31.3 Å². The predicted octanol–water partition coefficient (Wildman–Crippen LogP) is 3.44. The summed E-state index contributed by atoms with van der Waals surface area (Å²) in [4.78, 5) is 2.54. The molecule has 1 atom stereocenters. The van der Waals surface area contributed by atoms with E-state index >= 15 is 0 Å². The van der Waals surface area contributed by atoms with Crippen molar-refractivity contribution in [1.29, 1.82) is 0 Å². The molecule has 0 bridgehead atoms. The summed E-state index contributed by atoms with van der Waals surface area (Å²) < 4.78 is 5.74. The van der Waals surface area contributed by atoms with Crippen LogP contribution in [0.5, 0.6) is 5.75 Å². The van der Waals surface area contributed by atoms with Gasteiger partial charge in [-0.1, -0.05) is 0 Å². The summed E-state index contributed by atoms with van der Waals surface area (Å²) in [7, 11) is 0. The number of nitrogens with one attached hydrogen (secondary N) is 1. The molecule has 21 heavy (non-hydrogen) atoms. The Labute approximate surface area is 128 Å². The Kier molecular flexibility index (Phi) is 4.12. The molecule has 1 aliphatic heterocycles. The van der Waals surface area contributed by atoms with E-state index in [1.165, 1.54) is 24.9 Å². The lowest BCUT2D eigenvalue weighted by atomic mass is 9.95. The maximum Gasteiger partial charge on any atom is 0.119 e. The molecule has 1 heterocycles. The summed E-state index contributed by atoms with van der Waals surface area (Å²) in [5.41, 5.74) is 1.60. The van der Waals surface area contributed by atoms with Crippen molar-refractivity contribution in [2.75, 3.05) is 24.5 Å². The molecule has 3 rings (SSSR count). The third kappa shape index (κ3) is 3.52. The first-order valence-corrected chi connectivity index (χ1v) is 8.33. The minimum atomic E-state index is 0.233. The summed E-state index contributed by atoms with van der Waals surface area (Å²) in [5, 5.41) is 3.79. The third-order valence-electron chi connectivity index (χ3n) is 4.71. The quantitative estimate of drug-likeness (QED) is 0.918. The molecular formula is C18H28N2O. The molecule has 2 aliphatic rings. The zero-order valence-electron chi connectivity index (χ0n) is 13.6. The van der Waals surface area contributed by atoms with Gasteiger partial charge in [0.1, 0.15) is 5.75 Å². The fraction of sp³-hybridized carbons (Fsp3) is 0.667. The average Bonchev–Trinajstić information content (AvgIpc) is 3.26. The maximum absolute atomic E-state index is 5.74. The summed E-state index contributed by atoms with van der Waals surface area (Å²) in [6.45, 7) is 9.92. The molecule has 1 aromatic carbocycles. The van der Waals surface area contributed by atoms with E-state index < -0.39 is 0 Å². The van der Waals surface area contributed by atoms with Crippen LogP contribution in [0, 0.1) is 5.92 Å². The summed E-state index contributed by atoms with van der Waals surface area (Å²) in [5.74, 6) is 1.83. The van der Waals surface area contributed by atoms with E-state index in [2.05, 4.69) is 55.3 Å². The normalized spacial score (nSPS) is 26.8. The zero-order chi connectivity index (χ0) is 14.9. The Morgan fingerprint density at radius 3 is 2.57 bits per heavy atom. The minimum absolute atomic E-state index is 0.233. The molecule has 1 aliphatic carbocycles. The molecule has 3 nitrogen and oxygen atoms in total. The maximum atomic E-state index is 5.74. The first-order chi connectivity index (χ1) is 10.1. The van der Waals surface area contributed by atoms with Crippen molar-refractivity contribution < 1.29 is 4.74 Å². The van der Waals surface area contributed by atoms with E-state index in [0.29, 0.717) is 0 Å². The number of benzene rings is 1. The molecule has 1 aromatic rings. The van der Waals surface area contributed by atoms with E-state index in [1.54, 1.807) is 0 Å². The van der Waals surface area contributed by atoms with Gasteiger partial charge in [0.2, 0.25) is 0 Å². The van der Waals surface area contributed by atoms with Gasteiger partial charge in [-0.25, -0.2) is 0 Å². The van der Waals surface area contributed by atoms with Gasteiger partial charge in [0, 0.05) is 24.3 Å². The highest BCUT2D eigenvalue weighted by Gasteiger charge is 2.43. The Morgan fingerprint density at radius 2 is 1.95 bits per heavy atom. The average molecular weight is 288 g/mol. The second kappa shape index (κ2) is 5.88. The van der Waals surface area contributed by atoms with E-state index in [0.717, 1.165) is 31.3 Å². The summed E-state index contributed by atoms with van der Waals surface area (Å²) in [6, 6.07) is 8.61. The lowest BCUT2D eigenvalue weighted by molar-refractivity contribution is 0.242. The Balaban J connectivity index is 1.72. The fourth-order valence-electron chi connectivity index (χ4n) is 3.40. The van der Waals surface area contributed by atoms with Gasteiger partial charge in [-0.3, -0.25) is 0 Å². The van der Waals surface area contributed by atoms with Gasteiger partial charge >= 0.3 is 0 Å². The Hall–Kier alpha value is -1.22. The summed E-state index contributed by atoms with van der Waals surface area (Å²) in [6.07, 6.45) is 4.22. The standard InChI is InChI=1S/C18H28N2O/c1-14(2)21-17-9-7-16(8-10-17)20-12-4-11-19-18(3,13-20)15-5-6-15/h7-10,14-15,19H,4-6,11-13H2,1-3H3. The number of ether oxygens (including phenoxy) is 1. The van der Waals surface area contributed by atoms with Crippen LogP contribution in [-0.2, 0) is 0 Å². The van der Waals surface area contributed by atoms with Crippen molar-refractivity contribution in [3.63, 3.8) is 0 Å². The highest BCUT2D eigenvalue weighted by atomic mass is 16.5. The van der Waals surface area contributed by atoms with E-state index in [9.17, 15) is 0 Å². The topological polar surface area (TPSA) is 24.5 Å². The van der Waals surface area contributed by atoms with Gasteiger partial charge in [0.25, 0.3) is 0 Å². The lowest BCUT2D eigenvalue weighted by Gasteiger charge is -2.35. The SMILES string of the molecule is CC(C)Oc1ccc(N2CCCNC(C)(C3CC3)C2)cc1. The van der Waals surface area contributed by atoms with Crippen LogP contribution in [0.25, 0.3) is 0 Å². The van der Waals surface area contributed by atoms with Gasteiger partial charge in [-0.2, -0.15) is 0 Å². The first-order valence-electron chi connectivity index (χ1n) is 8.33. The summed E-state index contributed by atoms with van der Waals surface area (Å²) >= 11 is 0. The van der Waals surface area contributed by atoms with Crippen LogP contribution >= 0.6 is 0 Å². The molecule has 2 fully saturated rings. The zero-order valence-corrected chi connectivity index (χ0v) is 13.6. The van der Waals surface area contributed by atoms with Crippen LogP contribution in [0.1, 0.15) is 40.0 Å². The largest absolute Gasteiger partial charge is 0.491 e. The van der Waals surface area contributed by atoms with Crippen LogP contribution in [0.3, 0.4) is 0 Å². The fourth-order valence-corrected chi connectivity index (χ4v) is 3.40. The first kappa shape index (κ1) is 14.7. The molecule has 0 spiro atoms. The van der Waals surface area contributed by atoms with E-state index in [-0.39, 0.29) is 11.6 Å². The number of rotatable bonds is 4. The van der Waals surface area contributed by atoms with Crippen molar-refractivity contribution in [2.24, 2.45) is 5.92 Å². The number of anilines is 1. The molecule has 3 heteroatoms.